The van der Waals surface area contributed by atoms with Crippen molar-refractivity contribution in [2.45, 2.75) is 26.4 Å². The number of fused-ring (bicyclic) bond motifs is 2. The van der Waals surface area contributed by atoms with Crippen molar-refractivity contribution < 1.29 is 9.53 Å². The lowest BCUT2D eigenvalue weighted by Gasteiger charge is -2.27. The molecule has 4 nitrogen and oxygen atoms in total. The Morgan fingerprint density at radius 1 is 0.839 bits per heavy atom. The summed E-state index contributed by atoms with van der Waals surface area (Å²) in [5, 5.41) is 14.0. The van der Waals surface area contributed by atoms with Gasteiger partial charge in [0.1, 0.15) is 5.60 Å². The summed E-state index contributed by atoms with van der Waals surface area (Å²) >= 11 is 0. The van der Waals surface area contributed by atoms with E-state index in [0.717, 1.165) is 32.7 Å². The van der Waals surface area contributed by atoms with E-state index in [0.29, 0.717) is 11.3 Å². The molecule has 154 valence electrons. The highest BCUT2D eigenvalue weighted by molar-refractivity contribution is 6.13. The number of anilines is 1. The van der Waals surface area contributed by atoms with Crippen LogP contribution in [0.3, 0.4) is 0 Å². The fourth-order valence-corrected chi connectivity index (χ4v) is 3.87. The zero-order chi connectivity index (χ0) is 22.2. The second kappa shape index (κ2) is 7.77. The van der Waals surface area contributed by atoms with E-state index in [2.05, 4.69) is 6.07 Å². The molecule has 0 N–H and O–H groups in total. The Morgan fingerprint density at radius 3 is 1.97 bits per heavy atom. The molecule has 0 fully saturated rings. The number of hydrogen-bond acceptors (Lipinski definition) is 3. The van der Waals surface area contributed by atoms with Crippen molar-refractivity contribution in [2.24, 2.45) is 0 Å². The molecular formula is C27H24N2O2. The summed E-state index contributed by atoms with van der Waals surface area (Å²) in [5.41, 5.74) is 2.32. The van der Waals surface area contributed by atoms with Gasteiger partial charge in [0.15, 0.2) is 0 Å². The van der Waals surface area contributed by atoms with Crippen LogP contribution < -0.4 is 4.90 Å². The van der Waals surface area contributed by atoms with Crippen LogP contribution >= 0.6 is 0 Å². The van der Waals surface area contributed by atoms with Gasteiger partial charge >= 0.3 is 6.09 Å². The molecule has 0 aliphatic carbocycles. The van der Waals surface area contributed by atoms with Crippen molar-refractivity contribution >= 4 is 33.3 Å². The van der Waals surface area contributed by atoms with Crippen molar-refractivity contribution in [2.75, 3.05) is 11.9 Å². The molecule has 4 aromatic carbocycles. The molecule has 0 radical (unpaired) electrons. The summed E-state index contributed by atoms with van der Waals surface area (Å²) in [4.78, 5) is 14.5. The lowest BCUT2D eigenvalue weighted by molar-refractivity contribution is 0.0589. The first kappa shape index (κ1) is 20.4. The topological polar surface area (TPSA) is 53.3 Å². The first-order valence-electron chi connectivity index (χ1n) is 10.2. The maximum absolute atomic E-state index is 12.9. The fraction of sp³-hybridized carbons (Fsp3) is 0.185. The van der Waals surface area contributed by atoms with E-state index in [1.165, 1.54) is 4.90 Å². The minimum atomic E-state index is -0.611. The van der Waals surface area contributed by atoms with Gasteiger partial charge < -0.3 is 4.74 Å². The average Bonchev–Trinajstić information content (AvgIpc) is 2.76. The van der Waals surface area contributed by atoms with Crippen LogP contribution in [-0.4, -0.2) is 18.7 Å². The molecule has 0 aromatic heterocycles. The van der Waals surface area contributed by atoms with Crippen LogP contribution in [0.1, 0.15) is 26.3 Å². The molecule has 0 bridgehead atoms. The second-order valence-electron chi connectivity index (χ2n) is 8.54. The monoisotopic (exact) mass is 408 g/mol. The number of carbonyl (C=O) groups excluding carboxylic acids is 1. The van der Waals surface area contributed by atoms with Crippen LogP contribution in [0.15, 0.2) is 72.8 Å². The number of ether oxygens (including phenoxy) is 1. The molecule has 4 heteroatoms. The molecule has 0 spiro atoms. The van der Waals surface area contributed by atoms with Gasteiger partial charge in [-0.1, -0.05) is 60.7 Å². The molecule has 31 heavy (non-hydrogen) atoms. The van der Waals surface area contributed by atoms with Crippen LogP contribution in [-0.2, 0) is 4.74 Å². The summed E-state index contributed by atoms with van der Waals surface area (Å²) in [6, 6.07) is 26.1. The quantitative estimate of drug-likeness (QED) is 0.362. The molecule has 4 rings (SSSR count). The van der Waals surface area contributed by atoms with Gasteiger partial charge in [-0.2, -0.15) is 5.26 Å². The number of rotatable bonds is 2. The Morgan fingerprint density at radius 2 is 1.39 bits per heavy atom. The highest BCUT2D eigenvalue weighted by Crippen LogP contribution is 2.42. The third-order valence-corrected chi connectivity index (χ3v) is 5.24. The first-order valence-corrected chi connectivity index (χ1v) is 10.2. The fourth-order valence-electron chi connectivity index (χ4n) is 3.87. The lowest BCUT2D eigenvalue weighted by Crippen LogP contribution is -2.34. The zero-order valence-electron chi connectivity index (χ0n) is 18.1. The van der Waals surface area contributed by atoms with Crippen molar-refractivity contribution in [3.8, 4) is 17.2 Å². The average molecular weight is 409 g/mol. The van der Waals surface area contributed by atoms with Crippen molar-refractivity contribution in [3.63, 3.8) is 0 Å². The number of amides is 1. The van der Waals surface area contributed by atoms with Crippen LogP contribution in [0.2, 0.25) is 0 Å². The largest absolute Gasteiger partial charge is 0.443 e. The van der Waals surface area contributed by atoms with E-state index in [-0.39, 0.29) is 0 Å². The van der Waals surface area contributed by atoms with E-state index in [1.54, 1.807) is 7.05 Å². The maximum atomic E-state index is 12.9. The maximum Gasteiger partial charge on any atom is 0.414 e. The normalized spacial score (nSPS) is 11.3. The highest BCUT2D eigenvalue weighted by atomic mass is 16.6. The molecule has 0 atom stereocenters. The number of nitrogens with zero attached hydrogens (tertiary/aromatic N) is 2. The molecule has 0 saturated carbocycles. The number of carbonyl (C=O) groups is 1. The number of benzene rings is 4. The van der Waals surface area contributed by atoms with E-state index >= 15 is 0 Å². The smallest absolute Gasteiger partial charge is 0.414 e. The van der Waals surface area contributed by atoms with Crippen LogP contribution in [0.5, 0.6) is 0 Å². The Labute approximate surface area is 182 Å². The van der Waals surface area contributed by atoms with Gasteiger partial charge in [-0.05, 0) is 54.4 Å². The standard InChI is InChI=1S/C27H24N2O2/c1-27(2,3)31-26(30)29(4)23-16-15-19-10-6-8-12-22(19)25(23)24-20(17-28)14-13-18-9-5-7-11-21(18)24/h5-16H,1-4H3. The molecular weight excluding hydrogens is 384 g/mol. The van der Waals surface area contributed by atoms with Crippen molar-refractivity contribution in [1.82, 2.24) is 0 Å². The Kier molecular flexibility index (Phi) is 5.12. The minimum absolute atomic E-state index is 0.442. The SMILES string of the molecule is CN(C(=O)OC(C)(C)C)c1ccc2ccccc2c1-c1c(C#N)ccc2ccccc12. The van der Waals surface area contributed by atoms with Crippen molar-refractivity contribution in [3.05, 3.63) is 78.4 Å². The second-order valence-corrected chi connectivity index (χ2v) is 8.54. The number of hydrogen-bond donors (Lipinski definition) is 0. The summed E-state index contributed by atoms with van der Waals surface area (Å²) in [7, 11) is 1.71. The highest BCUT2D eigenvalue weighted by Gasteiger charge is 2.25. The van der Waals surface area contributed by atoms with Gasteiger partial charge in [0.2, 0.25) is 0 Å². The van der Waals surface area contributed by atoms with Crippen molar-refractivity contribution in [1.29, 1.82) is 5.26 Å². The van der Waals surface area contributed by atoms with Gasteiger partial charge in [-0.15, -0.1) is 0 Å². The van der Waals surface area contributed by atoms with Gasteiger partial charge in [-0.25, -0.2) is 4.79 Å². The molecule has 0 aliphatic rings. The molecule has 0 heterocycles. The van der Waals surface area contributed by atoms with Gasteiger partial charge in [0, 0.05) is 18.2 Å². The van der Waals surface area contributed by atoms with Gasteiger partial charge in [0.25, 0.3) is 0 Å². The molecule has 0 unspecified atom stereocenters. The predicted octanol–water partition coefficient (Wildman–Crippen LogP) is 6.90. The van der Waals surface area contributed by atoms with Gasteiger partial charge in [0.05, 0.1) is 17.3 Å². The summed E-state index contributed by atoms with van der Waals surface area (Å²) in [6.07, 6.45) is -0.442. The Bertz CT molecular complexity index is 1340. The third-order valence-electron chi connectivity index (χ3n) is 5.24. The first-order chi connectivity index (χ1) is 14.8. The minimum Gasteiger partial charge on any atom is -0.443 e. The predicted molar refractivity (Wildman–Crippen MR) is 126 cm³/mol. The van der Waals surface area contributed by atoms with E-state index in [9.17, 15) is 10.1 Å². The zero-order valence-corrected chi connectivity index (χ0v) is 18.1. The molecule has 0 saturated heterocycles. The Hall–Kier alpha value is -3.84. The lowest BCUT2D eigenvalue weighted by atomic mass is 9.89. The molecule has 0 aliphatic heterocycles. The molecule has 4 aromatic rings. The number of nitriles is 1. The summed E-state index contributed by atoms with van der Waals surface area (Å²) in [5.74, 6) is 0. The van der Waals surface area contributed by atoms with Crippen LogP contribution in [0, 0.1) is 11.3 Å². The van der Waals surface area contributed by atoms with E-state index in [4.69, 9.17) is 4.74 Å². The summed E-state index contributed by atoms with van der Waals surface area (Å²) in [6.45, 7) is 5.54. The Balaban J connectivity index is 2.07. The van der Waals surface area contributed by atoms with Crippen LogP contribution in [0.4, 0.5) is 10.5 Å². The van der Waals surface area contributed by atoms with Crippen LogP contribution in [0.25, 0.3) is 32.7 Å². The third kappa shape index (κ3) is 3.83. The molecule has 1 amide bonds. The van der Waals surface area contributed by atoms with E-state index < -0.39 is 11.7 Å². The summed E-state index contributed by atoms with van der Waals surface area (Å²) < 4.78 is 5.62. The van der Waals surface area contributed by atoms with Gasteiger partial charge in [-0.3, -0.25) is 4.90 Å². The van der Waals surface area contributed by atoms with E-state index in [1.807, 2.05) is 93.6 Å².